The number of aromatic nitrogens is 2. The van der Waals surface area contributed by atoms with Gasteiger partial charge < -0.3 is 14.6 Å². The van der Waals surface area contributed by atoms with Crippen LogP contribution in [0.2, 0.25) is 5.02 Å². The van der Waals surface area contributed by atoms with Crippen molar-refractivity contribution < 1.29 is 9.53 Å². The zero-order chi connectivity index (χ0) is 18.5. The molecular formula is C20H20ClN3O2. The molecule has 1 N–H and O–H groups in total. The lowest BCUT2D eigenvalue weighted by Crippen LogP contribution is -2.23. The van der Waals surface area contributed by atoms with Gasteiger partial charge in [-0.1, -0.05) is 30.7 Å². The van der Waals surface area contributed by atoms with Gasteiger partial charge in [-0.2, -0.15) is 0 Å². The highest BCUT2D eigenvalue weighted by molar-refractivity contribution is 6.31. The quantitative estimate of drug-likeness (QED) is 0.713. The largest absolute Gasteiger partial charge is 0.496 e. The summed E-state index contributed by atoms with van der Waals surface area (Å²) in [6, 6.07) is 13.0. The number of imidazole rings is 1. The van der Waals surface area contributed by atoms with Crippen molar-refractivity contribution >= 4 is 17.5 Å². The first-order chi connectivity index (χ1) is 12.6. The molecule has 0 saturated carbocycles. The van der Waals surface area contributed by atoms with E-state index >= 15 is 0 Å². The number of ether oxygens (including phenoxy) is 1. The molecule has 6 heteroatoms. The topological polar surface area (TPSA) is 56.2 Å². The highest BCUT2D eigenvalue weighted by Crippen LogP contribution is 2.22. The Balaban J connectivity index is 1.69. The number of hydrogen-bond donors (Lipinski definition) is 1. The lowest BCUT2D eigenvalue weighted by atomic mass is 10.1. The van der Waals surface area contributed by atoms with E-state index in [2.05, 4.69) is 21.8 Å². The molecule has 0 spiro atoms. The van der Waals surface area contributed by atoms with Crippen LogP contribution in [0.5, 0.6) is 5.75 Å². The third kappa shape index (κ3) is 3.89. The lowest BCUT2D eigenvalue weighted by molar-refractivity contribution is 0.0948. The standard InChI is InChI=1S/C20H20ClN3O2/c1-3-19-22-10-11-24(19)16-7-4-14(5-8-16)13-23-20(25)17-12-15(21)6-9-18(17)26-2/h4-12H,3,13H2,1-2H3,(H,23,25). The summed E-state index contributed by atoms with van der Waals surface area (Å²) in [6.07, 6.45) is 4.61. The molecule has 0 fully saturated rings. The van der Waals surface area contributed by atoms with Gasteiger partial charge in [0.05, 0.1) is 12.7 Å². The monoisotopic (exact) mass is 369 g/mol. The number of aryl methyl sites for hydroxylation is 1. The minimum absolute atomic E-state index is 0.226. The Morgan fingerprint density at radius 1 is 1.23 bits per heavy atom. The van der Waals surface area contributed by atoms with Crippen LogP contribution in [-0.4, -0.2) is 22.6 Å². The van der Waals surface area contributed by atoms with Crippen molar-refractivity contribution in [3.05, 3.63) is 76.8 Å². The van der Waals surface area contributed by atoms with Gasteiger partial charge in [0.25, 0.3) is 5.91 Å². The van der Waals surface area contributed by atoms with E-state index < -0.39 is 0 Å². The van der Waals surface area contributed by atoms with Crippen LogP contribution in [0.4, 0.5) is 0 Å². The number of amides is 1. The Kier molecular flexibility index (Phi) is 5.58. The van der Waals surface area contributed by atoms with Gasteiger partial charge in [-0.25, -0.2) is 4.98 Å². The Labute approximate surface area is 157 Å². The molecule has 0 radical (unpaired) electrons. The van der Waals surface area contributed by atoms with Crippen molar-refractivity contribution in [2.45, 2.75) is 19.9 Å². The number of hydrogen-bond acceptors (Lipinski definition) is 3. The van der Waals surface area contributed by atoms with Crippen molar-refractivity contribution in [1.29, 1.82) is 0 Å². The van der Waals surface area contributed by atoms with E-state index in [9.17, 15) is 4.79 Å². The second-order valence-corrected chi connectivity index (χ2v) is 6.20. The zero-order valence-electron chi connectivity index (χ0n) is 14.7. The van der Waals surface area contributed by atoms with Crippen LogP contribution >= 0.6 is 11.6 Å². The van der Waals surface area contributed by atoms with E-state index in [0.717, 1.165) is 23.5 Å². The van der Waals surface area contributed by atoms with Crippen LogP contribution in [0.15, 0.2) is 54.9 Å². The summed E-state index contributed by atoms with van der Waals surface area (Å²) in [6.45, 7) is 2.49. The maximum absolute atomic E-state index is 12.4. The maximum Gasteiger partial charge on any atom is 0.255 e. The molecule has 0 unspecified atom stereocenters. The molecule has 3 rings (SSSR count). The van der Waals surface area contributed by atoms with E-state index in [0.29, 0.717) is 22.9 Å². The molecule has 0 aliphatic heterocycles. The Morgan fingerprint density at radius 2 is 2.00 bits per heavy atom. The number of nitrogens with zero attached hydrogens (tertiary/aromatic N) is 2. The maximum atomic E-state index is 12.4. The molecule has 0 aliphatic rings. The minimum Gasteiger partial charge on any atom is -0.496 e. The van der Waals surface area contributed by atoms with Crippen LogP contribution in [-0.2, 0) is 13.0 Å². The third-order valence-electron chi connectivity index (χ3n) is 4.11. The number of rotatable bonds is 6. The molecule has 0 aliphatic carbocycles. The molecule has 134 valence electrons. The molecule has 1 aromatic heterocycles. The van der Waals surface area contributed by atoms with E-state index in [1.165, 1.54) is 7.11 Å². The first kappa shape index (κ1) is 18.0. The average Bonchev–Trinajstić information content (AvgIpc) is 3.15. The van der Waals surface area contributed by atoms with E-state index in [1.54, 1.807) is 24.4 Å². The predicted molar refractivity (Wildman–Crippen MR) is 102 cm³/mol. The van der Waals surface area contributed by atoms with Gasteiger partial charge in [0, 0.05) is 36.1 Å². The molecule has 1 heterocycles. The van der Waals surface area contributed by atoms with Gasteiger partial charge in [0.2, 0.25) is 0 Å². The van der Waals surface area contributed by atoms with E-state index in [1.807, 2.05) is 30.5 Å². The summed E-state index contributed by atoms with van der Waals surface area (Å²) in [5.41, 5.74) is 2.47. The van der Waals surface area contributed by atoms with Gasteiger partial charge >= 0.3 is 0 Å². The van der Waals surface area contributed by atoms with Gasteiger partial charge in [0.1, 0.15) is 11.6 Å². The van der Waals surface area contributed by atoms with Crippen LogP contribution in [0, 0.1) is 0 Å². The van der Waals surface area contributed by atoms with Crippen molar-refractivity contribution in [3.63, 3.8) is 0 Å². The number of nitrogens with one attached hydrogen (secondary N) is 1. The van der Waals surface area contributed by atoms with Crippen molar-refractivity contribution in [2.24, 2.45) is 0 Å². The summed E-state index contributed by atoms with van der Waals surface area (Å²) >= 11 is 5.98. The first-order valence-electron chi connectivity index (χ1n) is 8.35. The molecule has 0 saturated heterocycles. The molecule has 5 nitrogen and oxygen atoms in total. The molecule has 0 atom stereocenters. The fourth-order valence-electron chi connectivity index (χ4n) is 2.74. The Morgan fingerprint density at radius 3 is 2.69 bits per heavy atom. The minimum atomic E-state index is -0.226. The van der Waals surface area contributed by atoms with Gasteiger partial charge in [-0.3, -0.25) is 4.79 Å². The summed E-state index contributed by atoms with van der Waals surface area (Å²) in [5, 5.41) is 3.39. The van der Waals surface area contributed by atoms with Crippen molar-refractivity contribution in [2.75, 3.05) is 7.11 Å². The zero-order valence-corrected chi connectivity index (χ0v) is 15.5. The smallest absolute Gasteiger partial charge is 0.255 e. The summed E-state index contributed by atoms with van der Waals surface area (Å²) in [4.78, 5) is 16.8. The molecule has 3 aromatic rings. The third-order valence-corrected chi connectivity index (χ3v) is 4.34. The number of carbonyl (C=O) groups excluding carboxylic acids is 1. The number of benzene rings is 2. The molecule has 2 aromatic carbocycles. The van der Waals surface area contributed by atoms with Gasteiger partial charge in [-0.15, -0.1) is 0 Å². The average molecular weight is 370 g/mol. The fourth-order valence-corrected chi connectivity index (χ4v) is 2.91. The molecule has 26 heavy (non-hydrogen) atoms. The second kappa shape index (κ2) is 8.06. The first-order valence-corrected chi connectivity index (χ1v) is 8.73. The van der Waals surface area contributed by atoms with E-state index in [-0.39, 0.29) is 5.91 Å². The van der Waals surface area contributed by atoms with Crippen LogP contribution in [0.3, 0.4) is 0 Å². The van der Waals surface area contributed by atoms with Crippen molar-refractivity contribution in [1.82, 2.24) is 14.9 Å². The number of methoxy groups -OCH3 is 1. The second-order valence-electron chi connectivity index (χ2n) is 5.76. The summed E-state index contributed by atoms with van der Waals surface area (Å²) in [7, 11) is 1.53. The van der Waals surface area contributed by atoms with Crippen LogP contribution in [0.25, 0.3) is 5.69 Å². The predicted octanol–water partition coefficient (Wildman–Crippen LogP) is 4.03. The van der Waals surface area contributed by atoms with Crippen LogP contribution < -0.4 is 10.1 Å². The van der Waals surface area contributed by atoms with E-state index in [4.69, 9.17) is 16.3 Å². The fraction of sp³-hybridized carbons (Fsp3) is 0.200. The normalized spacial score (nSPS) is 10.6. The summed E-state index contributed by atoms with van der Waals surface area (Å²) in [5.74, 6) is 1.28. The number of carbonyl (C=O) groups is 1. The Hall–Kier alpha value is -2.79. The molecular weight excluding hydrogens is 350 g/mol. The highest BCUT2D eigenvalue weighted by atomic mass is 35.5. The molecule has 0 bridgehead atoms. The van der Waals surface area contributed by atoms with Crippen LogP contribution in [0.1, 0.15) is 28.7 Å². The van der Waals surface area contributed by atoms with Gasteiger partial charge in [-0.05, 0) is 35.9 Å². The van der Waals surface area contributed by atoms with Gasteiger partial charge in [0.15, 0.2) is 0 Å². The molecule has 1 amide bonds. The summed E-state index contributed by atoms with van der Waals surface area (Å²) < 4.78 is 7.28. The number of halogens is 1. The Bertz CT molecular complexity index is 904. The highest BCUT2D eigenvalue weighted by Gasteiger charge is 2.12. The lowest BCUT2D eigenvalue weighted by Gasteiger charge is -2.11. The van der Waals surface area contributed by atoms with Crippen molar-refractivity contribution in [3.8, 4) is 11.4 Å². The SMILES string of the molecule is CCc1nccn1-c1ccc(CNC(=O)c2cc(Cl)ccc2OC)cc1.